The van der Waals surface area contributed by atoms with Gasteiger partial charge in [0.05, 0.1) is 32.3 Å². The predicted molar refractivity (Wildman–Crippen MR) is 73.6 cm³/mol. The third-order valence-electron chi connectivity index (χ3n) is 3.05. The molecule has 1 saturated heterocycles. The summed E-state index contributed by atoms with van der Waals surface area (Å²) < 4.78 is 10.8. The van der Waals surface area contributed by atoms with Crippen LogP contribution in [0.5, 0.6) is 5.75 Å². The number of para-hydroxylation sites is 1. The summed E-state index contributed by atoms with van der Waals surface area (Å²) in [6.45, 7) is 2.10. The van der Waals surface area contributed by atoms with Crippen molar-refractivity contribution < 1.29 is 14.3 Å². The van der Waals surface area contributed by atoms with Gasteiger partial charge in [0.25, 0.3) is 0 Å². The highest BCUT2D eigenvalue weighted by molar-refractivity contribution is 6.18. The molecule has 0 aliphatic carbocycles. The predicted octanol–water partition coefficient (Wildman–Crippen LogP) is 1.92. The molecule has 19 heavy (non-hydrogen) atoms. The van der Waals surface area contributed by atoms with Crippen molar-refractivity contribution >= 4 is 17.5 Å². The zero-order valence-corrected chi connectivity index (χ0v) is 11.5. The van der Waals surface area contributed by atoms with Gasteiger partial charge in [-0.2, -0.15) is 0 Å². The van der Waals surface area contributed by atoms with E-state index < -0.39 is 0 Å². The molecule has 1 aromatic carbocycles. The van der Waals surface area contributed by atoms with E-state index in [2.05, 4.69) is 0 Å². The van der Waals surface area contributed by atoms with Crippen LogP contribution >= 0.6 is 11.6 Å². The lowest BCUT2D eigenvalue weighted by atomic mass is 10.2. The Labute approximate surface area is 118 Å². The van der Waals surface area contributed by atoms with E-state index >= 15 is 0 Å². The molecule has 1 aliphatic rings. The second kappa shape index (κ2) is 7.36. The second-order valence-corrected chi connectivity index (χ2v) is 4.69. The molecule has 1 amide bonds. The average molecular weight is 284 g/mol. The summed E-state index contributed by atoms with van der Waals surface area (Å²) in [5.74, 6) is 1.27. The first kappa shape index (κ1) is 14.2. The summed E-state index contributed by atoms with van der Waals surface area (Å²) in [5, 5.41) is 0. The molecule has 1 aliphatic heterocycles. The van der Waals surface area contributed by atoms with Gasteiger partial charge in [0.15, 0.2) is 0 Å². The third kappa shape index (κ3) is 4.11. The molecule has 0 radical (unpaired) electrons. The second-order valence-electron chi connectivity index (χ2n) is 4.38. The highest BCUT2D eigenvalue weighted by Crippen LogP contribution is 2.12. The van der Waals surface area contributed by atoms with E-state index in [1.165, 1.54) is 0 Å². The minimum atomic E-state index is -0.0142. The van der Waals surface area contributed by atoms with Crippen molar-refractivity contribution in [2.24, 2.45) is 0 Å². The van der Waals surface area contributed by atoms with Crippen LogP contribution in [0.4, 0.5) is 0 Å². The largest absolute Gasteiger partial charge is 0.493 e. The molecule has 0 spiro atoms. The molecule has 104 valence electrons. The SMILES string of the molecule is O=C(CCOc1ccccc1)N1CCOCC1CCl. The van der Waals surface area contributed by atoms with Crippen molar-refractivity contribution in [3.8, 4) is 5.75 Å². The lowest BCUT2D eigenvalue weighted by Gasteiger charge is -2.34. The summed E-state index contributed by atoms with van der Waals surface area (Å²) >= 11 is 5.84. The normalized spacial score (nSPS) is 19.2. The summed E-state index contributed by atoms with van der Waals surface area (Å²) in [7, 11) is 0. The van der Waals surface area contributed by atoms with Gasteiger partial charge in [-0.25, -0.2) is 0 Å². The van der Waals surface area contributed by atoms with Gasteiger partial charge >= 0.3 is 0 Å². The van der Waals surface area contributed by atoms with E-state index in [9.17, 15) is 4.79 Å². The summed E-state index contributed by atoms with van der Waals surface area (Å²) in [5.41, 5.74) is 0. The van der Waals surface area contributed by atoms with Crippen LogP contribution in [0, 0.1) is 0 Å². The van der Waals surface area contributed by atoms with E-state index in [0.29, 0.717) is 38.7 Å². The minimum Gasteiger partial charge on any atom is -0.493 e. The van der Waals surface area contributed by atoms with Gasteiger partial charge in [0.1, 0.15) is 5.75 Å². The maximum absolute atomic E-state index is 12.1. The summed E-state index contributed by atoms with van der Waals surface area (Å²) in [6, 6.07) is 9.48. The van der Waals surface area contributed by atoms with Crippen molar-refractivity contribution in [3.63, 3.8) is 0 Å². The van der Waals surface area contributed by atoms with Crippen LogP contribution in [0.2, 0.25) is 0 Å². The Hall–Kier alpha value is -1.26. The Balaban J connectivity index is 1.77. The van der Waals surface area contributed by atoms with Crippen molar-refractivity contribution in [1.82, 2.24) is 4.90 Å². The van der Waals surface area contributed by atoms with Crippen LogP contribution < -0.4 is 4.74 Å². The number of ether oxygens (including phenoxy) is 2. The maximum Gasteiger partial charge on any atom is 0.226 e. The highest BCUT2D eigenvalue weighted by Gasteiger charge is 2.26. The molecule has 1 unspecified atom stereocenters. The van der Waals surface area contributed by atoms with Crippen LogP contribution in [0.1, 0.15) is 6.42 Å². The third-order valence-corrected chi connectivity index (χ3v) is 3.41. The molecule has 1 fully saturated rings. The first-order valence-corrected chi connectivity index (χ1v) is 6.95. The Morgan fingerprint density at radius 2 is 2.21 bits per heavy atom. The molecule has 0 aromatic heterocycles. The van der Waals surface area contributed by atoms with Crippen LogP contribution in [-0.2, 0) is 9.53 Å². The number of benzene rings is 1. The first-order valence-electron chi connectivity index (χ1n) is 6.42. The summed E-state index contributed by atoms with van der Waals surface area (Å²) in [4.78, 5) is 13.9. The van der Waals surface area contributed by atoms with Crippen LogP contribution in [-0.4, -0.2) is 49.1 Å². The molecule has 2 rings (SSSR count). The number of carbonyl (C=O) groups excluding carboxylic acids is 1. The van der Waals surface area contributed by atoms with Gasteiger partial charge in [-0.05, 0) is 12.1 Å². The first-order chi connectivity index (χ1) is 9.31. The van der Waals surface area contributed by atoms with Crippen molar-refractivity contribution in [2.45, 2.75) is 12.5 Å². The van der Waals surface area contributed by atoms with Crippen molar-refractivity contribution in [2.75, 3.05) is 32.2 Å². The zero-order valence-electron chi connectivity index (χ0n) is 10.8. The molecule has 5 heteroatoms. The Kier molecular flexibility index (Phi) is 5.48. The van der Waals surface area contributed by atoms with Gasteiger partial charge in [-0.3, -0.25) is 4.79 Å². The number of nitrogens with zero attached hydrogens (tertiary/aromatic N) is 1. The van der Waals surface area contributed by atoms with Crippen molar-refractivity contribution in [1.29, 1.82) is 0 Å². The van der Waals surface area contributed by atoms with Gasteiger partial charge in [-0.15, -0.1) is 11.6 Å². The van der Waals surface area contributed by atoms with Crippen LogP contribution in [0.25, 0.3) is 0 Å². The molecule has 1 heterocycles. The molecular weight excluding hydrogens is 266 g/mol. The fraction of sp³-hybridized carbons (Fsp3) is 0.500. The molecule has 1 aromatic rings. The van der Waals surface area contributed by atoms with E-state index in [-0.39, 0.29) is 11.9 Å². The molecular formula is C14H18ClNO3. The van der Waals surface area contributed by atoms with E-state index in [1.807, 2.05) is 30.3 Å². The molecule has 0 bridgehead atoms. The van der Waals surface area contributed by atoms with E-state index in [1.54, 1.807) is 4.90 Å². The Morgan fingerprint density at radius 1 is 1.42 bits per heavy atom. The molecule has 0 saturated carbocycles. The van der Waals surface area contributed by atoms with Gasteiger partial charge in [0.2, 0.25) is 5.91 Å². The number of halogens is 1. The number of hydrogen-bond acceptors (Lipinski definition) is 3. The standard InChI is InChI=1S/C14H18ClNO3/c15-10-12-11-18-9-7-16(12)14(17)6-8-19-13-4-2-1-3-5-13/h1-5,12H,6-11H2. The maximum atomic E-state index is 12.1. The number of rotatable bonds is 5. The number of carbonyl (C=O) groups is 1. The molecule has 1 atom stereocenters. The van der Waals surface area contributed by atoms with Gasteiger partial charge in [0, 0.05) is 12.4 Å². The fourth-order valence-electron chi connectivity index (χ4n) is 2.03. The monoisotopic (exact) mass is 283 g/mol. The molecule has 4 nitrogen and oxygen atoms in total. The fourth-order valence-corrected chi connectivity index (χ4v) is 2.28. The number of hydrogen-bond donors (Lipinski definition) is 0. The van der Waals surface area contributed by atoms with Crippen LogP contribution in [0.15, 0.2) is 30.3 Å². The van der Waals surface area contributed by atoms with E-state index in [4.69, 9.17) is 21.1 Å². The number of amides is 1. The number of alkyl halides is 1. The van der Waals surface area contributed by atoms with Gasteiger partial charge in [-0.1, -0.05) is 18.2 Å². The highest BCUT2D eigenvalue weighted by atomic mass is 35.5. The Morgan fingerprint density at radius 3 is 2.95 bits per heavy atom. The van der Waals surface area contributed by atoms with Crippen molar-refractivity contribution in [3.05, 3.63) is 30.3 Å². The van der Waals surface area contributed by atoms with Gasteiger partial charge < -0.3 is 14.4 Å². The van der Waals surface area contributed by atoms with Crippen LogP contribution in [0.3, 0.4) is 0 Å². The lowest BCUT2D eigenvalue weighted by Crippen LogP contribution is -2.49. The topological polar surface area (TPSA) is 38.8 Å². The average Bonchev–Trinajstić information content (AvgIpc) is 2.48. The lowest BCUT2D eigenvalue weighted by molar-refractivity contribution is -0.139. The Bertz CT molecular complexity index is 399. The molecule has 0 N–H and O–H groups in total. The summed E-state index contributed by atoms with van der Waals surface area (Å²) in [6.07, 6.45) is 0.363. The quantitative estimate of drug-likeness (QED) is 0.775. The number of morpholine rings is 1. The zero-order chi connectivity index (χ0) is 13.5. The van der Waals surface area contributed by atoms with E-state index in [0.717, 1.165) is 5.75 Å². The smallest absolute Gasteiger partial charge is 0.226 e. The minimum absolute atomic E-state index is 0.0142.